The number of anilines is 1. The average molecular weight is 615 g/mol. The molecule has 9 aliphatic rings. The summed E-state index contributed by atoms with van der Waals surface area (Å²) in [5.74, 6) is -0.0855. The highest BCUT2D eigenvalue weighted by molar-refractivity contribution is 5.87. The molecular formula is C40H46N4O2. The van der Waals surface area contributed by atoms with Gasteiger partial charge in [0.05, 0.1) is 30.7 Å². The van der Waals surface area contributed by atoms with Crippen molar-refractivity contribution in [3.05, 3.63) is 77.0 Å². The summed E-state index contributed by atoms with van der Waals surface area (Å²) in [6.07, 6.45) is 15.4. The number of esters is 1. The molecule has 2 bridgehead atoms. The zero-order valence-corrected chi connectivity index (χ0v) is 27.4. The largest absolute Gasteiger partial charge is 0.469 e. The van der Waals surface area contributed by atoms with E-state index in [1.54, 1.807) is 18.4 Å². The van der Waals surface area contributed by atoms with E-state index in [1.165, 1.54) is 53.5 Å². The SMILES string of the molecule is CC[C@]12C=CCN3CCc4c(n(c5ccccc45)[C@H](c4ccc5c(c4)[C@@]46CCN7CCC[C@@]8(CC[C@@]4(N5)[C@@H](C(=O)OC)C8)[C@H]76)C1)[C@@H]32. The van der Waals surface area contributed by atoms with Crippen LogP contribution in [0.25, 0.3) is 10.9 Å². The van der Waals surface area contributed by atoms with Crippen molar-refractivity contribution in [3.8, 4) is 0 Å². The van der Waals surface area contributed by atoms with E-state index in [0.29, 0.717) is 12.1 Å². The van der Waals surface area contributed by atoms with E-state index >= 15 is 0 Å². The van der Waals surface area contributed by atoms with Crippen molar-refractivity contribution in [3.63, 3.8) is 0 Å². The minimum atomic E-state index is -0.256. The van der Waals surface area contributed by atoms with Crippen LogP contribution >= 0.6 is 0 Å². The summed E-state index contributed by atoms with van der Waals surface area (Å²) in [5, 5.41) is 5.62. The van der Waals surface area contributed by atoms with Gasteiger partial charge in [-0.05, 0) is 105 Å². The average Bonchev–Trinajstić information content (AvgIpc) is 3.76. The molecule has 0 radical (unpaired) electrons. The second-order valence-electron chi connectivity index (χ2n) is 16.4. The number of carbonyl (C=O) groups is 1. The van der Waals surface area contributed by atoms with E-state index in [-0.39, 0.29) is 39.7 Å². The van der Waals surface area contributed by atoms with Crippen LogP contribution in [-0.4, -0.2) is 65.2 Å². The molecule has 0 unspecified atom stereocenters. The van der Waals surface area contributed by atoms with Crippen LogP contribution in [0.15, 0.2) is 54.6 Å². The van der Waals surface area contributed by atoms with Gasteiger partial charge in [-0.1, -0.05) is 49.4 Å². The Morgan fingerprint density at radius 1 is 1.02 bits per heavy atom. The molecule has 2 aromatic carbocycles. The zero-order valence-electron chi connectivity index (χ0n) is 27.4. The van der Waals surface area contributed by atoms with Crippen LogP contribution in [0.3, 0.4) is 0 Å². The molecule has 1 N–H and O–H groups in total. The molecule has 12 rings (SSSR count). The van der Waals surface area contributed by atoms with Gasteiger partial charge in [-0.15, -0.1) is 0 Å². The summed E-state index contributed by atoms with van der Waals surface area (Å²) in [6, 6.07) is 18.0. The zero-order chi connectivity index (χ0) is 30.6. The number of benzene rings is 2. The fourth-order valence-corrected chi connectivity index (χ4v) is 13.8. The first-order valence-corrected chi connectivity index (χ1v) is 18.3. The Balaban J connectivity index is 1.14. The summed E-state index contributed by atoms with van der Waals surface area (Å²) >= 11 is 0. The van der Waals surface area contributed by atoms with Crippen LogP contribution in [0, 0.1) is 16.7 Å². The van der Waals surface area contributed by atoms with Gasteiger partial charge in [0.15, 0.2) is 0 Å². The highest BCUT2D eigenvalue weighted by atomic mass is 16.5. The van der Waals surface area contributed by atoms with Gasteiger partial charge in [0, 0.05) is 52.2 Å². The second-order valence-corrected chi connectivity index (χ2v) is 16.4. The van der Waals surface area contributed by atoms with Crippen LogP contribution in [-0.2, 0) is 21.4 Å². The van der Waals surface area contributed by atoms with Crippen LogP contribution in [0.2, 0.25) is 0 Å². The summed E-state index contributed by atoms with van der Waals surface area (Å²) < 4.78 is 8.40. The monoisotopic (exact) mass is 614 g/mol. The predicted octanol–water partition coefficient (Wildman–Crippen LogP) is 6.74. The Morgan fingerprint density at radius 3 is 2.83 bits per heavy atom. The van der Waals surface area contributed by atoms with Crippen molar-refractivity contribution in [1.82, 2.24) is 14.4 Å². The summed E-state index contributed by atoms with van der Waals surface area (Å²) in [4.78, 5) is 19.3. The normalized spacial score (nSPS) is 41.1. The third kappa shape index (κ3) is 2.82. The van der Waals surface area contributed by atoms with Crippen molar-refractivity contribution in [1.29, 1.82) is 0 Å². The molecule has 8 atom stereocenters. The first-order valence-electron chi connectivity index (χ1n) is 18.3. The lowest BCUT2D eigenvalue weighted by Gasteiger charge is -2.69. The van der Waals surface area contributed by atoms with Crippen molar-refractivity contribution in [2.24, 2.45) is 16.7 Å². The minimum Gasteiger partial charge on any atom is -0.469 e. The number of fused-ring (bicyclic) bond motifs is 6. The quantitative estimate of drug-likeness (QED) is 0.262. The van der Waals surface area contributed by atoms with Gasteiger partial charge < -0.3 is 14.6 Å². The van der Waals surface area contributed by atoms with Crippen molar-refractivity contribution in [2.75, 3.05) is 38.6 Å². The number of para-hydroxylation sites is 1. The van der Waals surface area contributed by atoms with Gasteiger partial charge in [-0.3, -0.25) is 14.6 Å². The van der Waals surface area contributed by atoms with Gasteiger partial charge in [0.1, 0.15) is 0 Å². The number of ether oxygens (including phenoxy) is 1. The Labute approximate surface area is 272 Å². The van der Waals surface area contributed by atoms with Gasteiger partial charge >= 0.3 is 5.97 Å². The minimum absolute atomic E-state index is 0.00346. The number of piperidine rings is 1. The molecule has 6 nitrogen and oxygen atoms in total. The summed E-state index contributed by atoms with van der Waals surface area (Å²) in [6.45, 7) is 6.99. The molecule has 5 fully saturated rings. The van der Waals surface area contributed by atoms with E-state index in [2.05, 4.69) is 81.2 Å². The number of methoxy groups -OCH3 is 1. The number of aromatic nitrogens is 1. The van der Waals surface area contributed by atoms with Crippen LogP contribution in [0.5, 0.6) is 0 Å². The van der Waals surface area contributed by atoms with E-state index in [0.717, 1.165) is 58.2 Å². The fraction of sp³-hybridized carbons (Fsp3) is 0.575. The summed E-state index contributed by atoms with van der Waals surface area (Å²) in [7, 11) is 1.61. The summed E-state index contributed by atoms with van der Waals surface area (Å²) in [5.41, 5.74) is 8.88. The Bertz CT molecular complexity index is 1880. The Kier molecular flexibility index (Phi) is 5.08. The van der Waals surface area contributed by atoms with E-state index < -0.39 is 0 Å². The molecule has 6 aliphatic heterocycles. The first kappa shape index (κ1) is 26.9. The van der Waals surface area contributed by atoms with Crippen LogP contribution in [0.4, 0.5) is 5.69 Å². The molecule has 3 aromatic rings. The lowest BCUT2D eigenvalue weighted by Crippen LogP contribution is -2.76. The first-order chi connectivity index (χ1) is 22.5. The van der Waals surface area contributed by atoms with Crippen molar-refractivity contribution in [2.45, 2.75) is 93.8 Å². The molecule has 7 heterocycles. The molecule has 3 spiro atoms. The third-order valence-electron chi connectivity index (χ3n) is 15.3. The van der Waals surface area contributed by atoms with Crippen LogP contribution < -0.4 is 5.32 Å². The maximum atomic E-state index is 13.7. The number of carbonyl (C=O) groups excluding carboxylic acids is 1. The lowest BCUT2D eigenvalue weighted by atomic mass is 9.39. The van der Waals surface area contributed by atoms with Gasteiger partial charge in [0.2, 0.25) is 0 Å². The highest BCUT2D eigenvalue weighted by Gasteiger charge is 2.79. The van der Waals surface area contributed by atoms with Gasteiger partial charge in [-0.25, -0.2) is 0 Å². The van der Waals surface area contributed by atoms with Crippen LogP contribution in [0.1, 0.15) is 92.8 Å². The Morgan fingerprint density at radius 2 is 1.93 bits per heavy atom. The molecule has 238 valence electrons. The molecule has 46 heavy (non-hydrogen) atoms. The van der Waals surface area contributed by atoms with Crippen molar-refractivity contribution >= 4 is 22.6 Å². The maximum absolute atomic E-state index is 13.7. The van der Waals surface area contributed by atoms with Gasteiger partial charge in [-0.2, -0.15) is 0 Å². The molecule has 3 aliphatic carbocycles. The molecule has 0 amide bonds. The van der Waals surface area contributed by atoms with Gasteiger partial charge in [0.25, 0.3) is 0 Å². The van der Waals surface area contributed by atoms with E-state index in [1.807, 2.05) is 0 Å². The topological polar surface area (TPSA) is 49.7 Å². The molecule has 3 saturated carbocycles. The molecular weight excluding hydrogens is 568 g/mol. The third-order valence-corrected chi connectivity index (χ3v) is 15.3. The number of hydrogen-bond donors (Lipinski definition) is 1. The lowest BCUT2D eigenvalue weighted by molar-refractivity contribution is -0.171. The smallest absolute Gasteiger partial charge is 0.311 e. The maximum Gasteiger partial charge on any atom is 0.311 e. The molecule has 2 saturated heterocycles. The fourth-order valence-electron chi connectivity index (χ4n) is 13.8. The van der Waals surface area contributed by atoms with Crippen molar-refractivity contribution < 1.29 is 9.53 Å². The Hall–Kier alpha value is -3.09. The molecule has 1 aromatic heterocycles. The highest BCUT2D eigenvalue weighted by Crippen LogP contribution is 2.74. The predicted molar refractivity (Wildman–Crippen MR) is 180 cm³/mol. The van der Waals surface area contributed by atoms with E-state index in [4.69, 9.17) is 4.74 Å². The number of nitrogens with one attached hydrogen (secondary N) is 1. The standard InChI is InChI=1S/C40H46N4O2/c1-3-37-13-6-18-42-20-12-27-26-8-4-5-9-31(26)44(33(27)34(37)42)32(24-37)25-10-11-30-28(22-25)39-17-21-43-19-7-14-38(36(39)43)15-16-40(39,41-30)29(23-38)35(45)46-2/h4-6,8-11,13,22,29,32,34,36,41H,3,7,12,14-21,23-24H2,1-2H3/t29-,32+,34-,36+,37+,38+,39-,40-/m1/s1. The van der Waals surface area contributed by atoms with E-state index in [9.17, 15) is 4.79 Å². The molecule has 6 heteroatoms. The number of hydrogen-bond acceptors (Lipinski definition) is 5. The second kappa shape index (κ2) is 8.68. The number of nitrogens with zero attached hydrogens (tertiary/aromatic N) is 3. The number of rotatable bonds is 3.